The summed E-state index contributed by atoms with van der Waals surface area (Å²) >= 11 is 0. The van der Waals surface area contributed by atoms with E-state index in [2.05, 4.69) is 17.4 Å². The fourth-order valence-corrected chi connectivity index (χ4v) is 2.72. The summed E-state index contributed by atoms with van der Waals surface area (Å²) < 4.78 is 10.2. The van der Waals surface area contributed by atoms with Gasteiger partial charge in [0.25, 0.3) is 0 Å². The third kappa shape index (κ3) is 4.74. The van der Waals surface area contributed by atoms with Gasteiger partial charge in [-0.05, 0) is 56.3 Å². The smallest absolute Gasteiger partial charge is 0.305 e. The molecule has 4 heteroatoms. The van der Waals surface area contributed by atoms with Gasteiger partial charge in [0.15, 0.2) is 0 Å². The van der Waals surface area contributed by atoms with Crippen molar-refractivity contribution in [2.45, 2.75) is 44.6 Å². The average molecular weight is 291 g/mol. The highest BCUT2D eigenvalue weighted by Crippen LogP contribution is 2.37. The van der Waals surface area contributed by atoms with E-state index >= 15 is 0 Å². The Morgan fingerprint density at radius 2 is 2.19 bits per heavy atom. The van der Waals surface area contributed by atoms with Gasteiger partial charge in [0.1, 0.15) is 5.75 Å². The number of rotatable bonds is 8. The third-order valence-corrected chi connectivity index (χ3v) is 4.00. The first kappa shape index (κ1) is 15.8. The molecule has 21 heavy (non-hydrogen) atoms. The van der Waals surface area contributed by atoms with Gasteiger partial charge in [0, 0.05) is 12.5 Å². The van der Waals surface area contributed by atoms with Crippen molar-refractivity contribution >= 4 is 5.97 Å². The molecule has 1 aromatic rings. The van der Waals surface area contributed by atoms with Crippen LogP contribution in [-0.2, 0) is 9.53 Å². The fraction of sp³-hybridized carbons (Fsp3) is 0.588. The zero-order chi connectivity index (χ0) is 15.1. The van der Waals surface area contributed by atoms with Crippen molar-refractivity contribution in [2.24, 2.45) is 0 Å². The van der Waals surface area contributed by atoms with Crippen LogP contribution in [0.15, 0.2) is 24.3 Å². The molecule has 0 heterocycles. The lowest BCUT2D eigenvalue weighted by Crippen LogP contribution is -2.40. The molecule has 0 amide bonds. The molecule has 0 saturated heterocycles. The predicted molar refractivity (Wildman–Crippen MR) is 82.6 cm³/mol. The average Bonchev–Trinajstić information content (AvgIpc) is 2.45. The van der Waals surface area contributed by atoms with Crippen molar-refractivity contribution < 1.29 is 14.3 Å². The molecule has 0 bridgehead atoms. The molecule has 116 valence electrons. The van der Waals surface area contributed by atoms with Crippen LogP contribution in [-0.4, -0.2) is 32.3 Å². The van der Waals surface area contributed by atoms with E-state index in [4.69, 9.17) is 9.47 Å². The Labute approximate surface area is 126 Å². The molecular formula is C17H25NO3. The minimum Gasteiger partial charge on any atom is -0.497 e. The van der Waals surface area contributed by atoms with Crippen LogP contribution in [0.2, 0.25) is 0 Å². The Kier molecular flexibility index (Phi) is 6.05. The molecule has 0 atom stereocenters. The molecule has 1 saturated carbocycles. The first-order valence-corrected chi connectivity index (χ1v) is 7.76. The van der Waals surface area contributed by atoms with E-state index in [1.54, 1.807) is 7.11 Å². The van der Waals surface area contributed by atoms with Crippen molar-refractivity contribution in [3.63, 3.8) is 0 Å². The van der Waals surface area contributed by atoms with Gasteiger partial charge in [-0.3, -0.25) is 4.79 Å². The van der Waals surface area contributed by atoms with Gasteiger partial charge in [0.2, 0.25) is 0 Å². The topological polar surface area (TPSA) is 47.6 Å². The summed E-state index contributed by atoms with van der Waals surface area (Å²) in [5.41, 5.74) is 1.36. The second-order valence-corrected chi connectivity index (χ2v) is 5.50. The normalized spacial score (nSPS) is 20.7. The molecule has 0 spiro atoms. The first-order valence-electron chi connectivity index (χ1n) is 7.76. The number of carbonyl (C=O) groups is 1. The molecule has 1 aliphatic carbocycles. The standard InChI is InChI=1S/C17H25NO3/c1-3-21-17(19)8-5-9-18-15-10-14(11-15)13-6-4-7-16(12-13)20-2/h4,6-7,12,14-15,18H,3,5,8-11H2,1-2H3. The number of hydrogen-bond donors (Lipinski definition) is 1. The van der Waals surface area contributed by atoms with E-state index in [9.17, 15) is 4.79 Å². The lowest BCUT2D eigenvalue weighted by molar-refractivity contribution is -0.143. The van der Waals surface area contributed by atoms with E-state index in [-0.39, 0.29) is 5.97 Å². The summed E-state index contributed by atoms with van der Waals surface area (Å²) in [6.07, 6.45) is 3.67. The molecule has 4 nitrogen and oxygen atoms in total. The number of ether oxygens (including phenoxy) is 2. The molecule has 0 unspecified atom stereocenters. The molecule has 1 aromatic carbocycles. The second-order valence-electron chi connectivity index (χ2n) is 5.50. The summed E-state index contributed by atoms with van der Waals surface area (Å²) in [6.45, 7) is 3.19. The molecule has 0 aromatic heterocycles. The van der Waals surface area contributed by atoms with E-state index < -0.39 is 0 Å². The highest BCUT2D eigenvalue weighted by Gasteiger charge is 2.29. The zero-order valence-corrected chi connectivity index (χ0v) is 12.9. The Balaban J connectivity index is 1.62. The van der Waals surface area contributed by atoms with E-state index in [0.717, 1.165) is 31.6 Å². The number of methoxy groups -OCH3 is 1. The monoisotopic (exact) mass is 291 g/mol. The van der Waals surface area contributed by atoms with Crippen molar-refractivity contribution in [1.29, 1.82) is 0 Å². The lowest BCUT2D eigenvalue weighted by atomic mass is 9.76. The number of esters is 1. The molecule has 1 fully saturated rings. The summed E-state index contributed by atoms with van der Waals surface area (Å²) in [5, 5.41) is 3.51. The molecule has 0 aliphatic heterocycles. The Morgan fingerprint density at radius 1 is 1.38 bits per heavy atom. The van der Waals surface area contributed by atoms with Gasteiger partial charge in [-0.25, -0.2) is 0 Å². The minimum absolute atomic E-state index is 0.0952. The number of nitrogens with one attached hydrogen (secondary N) is 1. The largest absolute Gasteiger partial charge is 0.497 e. The van der Waals surface area contributed by atoms with Crippen LogP contribution in [0.4, 0.5) is 0 Å². The molecule has 0 radical (unpaired) electrons. The molecular weight excluding hydrogens is 266 g/mol. The van der Waals surface area contributed by atoms with Gasteiger partial charge < -0.3 is 14.8 Å². The van der Waals surface area contributed by atoms with Crippen molar-refractivity contribution in [1.82, 2.24) is 5.32 Å². The second kappa shape index (κ2) is 8.03. The van der Waals surface area contributed by atoms with Crippen LogP contribution in [0.25, 0.3) is 0 Å². The minimum atomic E-state index is -0.0952. The highest BCUT2D eigenvalue weighted by atomic mass is 16.5. The maximum atomic E-state index is 11.2. The van der Waals surface area contributed by atoms with E-state index in [1.165, 1.54) is 5.56 Å². The van der Waals surface area contributed by atoms with Crippen molar-refractivity contribution in [3.05, 3.63) is 29.8 Å². The fourth-order valence-electron chi connectivity index (χ4n) is 2.72. The Hall–Kier alpha value is -1.55. The van der Waals surface area contributed by atoms with Crippen LogP contribution in [0, 0.1) is 0 Å². The van der Waals surface area contributed by atoms with Gasteiger partial charge in [0.05, 0.1) is 13.7 Å². The third-order valence-electron chi connectivity index (χ3n) is 4.00. The lowest BCUT2D eigenvalue weighted by Gasteiger charge is -2.36. The van der Waals surface area contributed by atoms with E-state index in [1.807, 2.05) is 19.1 Å². The number of hydrogen-bond acceptors (Lipinski definition) is 4. The van der Waals surface area contributed by atoms with Crippen LogP contribution in [0.5, 0.6) is 5.75 Å². The van der Waals surface area contributed by atoms with Crippen LogP contribution in [0.1, 0.15) is 44.1 Å². The highest BCUT2D eigenvalue weighted by molar-refractivity contribution is 5.69. The first-order chi connectivity index (χ1) is 10.2. The SMILES string of the molecule is CCOC(=O)CCCNC1CC(c2cccc(OC)c2)C1. The summed E-state index contributed by atoms with van der Waals surface area (Å²) in [5.74, 6) is 1.46. The van der Waals surface area contributed by atoms with Crippen molar-refractivity contribution in [3.8, 4) is 5.75 Å². The summed E-state index contributed by atoms with van der Waals surface area (Å²) in [6, 6.07) is 8.90. The predicted octanol–water partition coefficient (Wildman–Crippen LogP) is 2.87. The number of carbonyl (C=O) groups excluding carboxylic acids is 1. The van der Waals surface area contributed by atoms with Crippen molar-refractivity contribution in [2.75, 3.05) is 20.3 Å². The maximum Gasteiger partial charge on any atom is 0.305 e. The maximum absolute atomic E-state index is 11.2. The van der Waals surface area contributed by atoms with Crippen LogP contribution >= 0.6 is 0 Å². The van der Waals surface area contributed by atoms with Gasteiger partial charge in [-0.1, -0.05) is 12.1 Å². The molecule has 2 rings (SSSR count). The van der Waals surface area contributed by atoms with E-state index in [0.29, 0.717) is 25.0 Å². The Bertz CT molecular complexity index is 455. The summed E-state index contributed by atoms with van der Waals surface area (Å²) in [7, 11) is 1.70. The quantitative estimate of drug-likeness (QED) is 0.591. The van der Waals surface area contributed by atoms with Gasteiger partial charge in [-0.2, -0.15) is 0 Å². The summed E-state index contributed by atoms with van der Waals surface area (Å²) in [4.78, 5) is 11.2. The number of benzene rings is 1. The zero-order valence-electron chi connectivity index (χ0n) is 12.9. The van der Waals surface area contributed by atoms with Gasteiger partial charge in [-0.15, -0.1) is 0 Å². The van der Waals surface area contributed by atoms with Crippen LogP contribution < -0.4 is 10.1 Å². The molecule has 1 aliphatic rings. The molecule has 1 N–H and O–H groups in total. The van der Waals surface area contributed by atoms with Gasteiger partial charge >= 0.3 is 5.97 Å². The Morgan fingerprint density at radius 3 is 2.90 bits per heavy atom. The van der Waals surface area contributed by atoms with Crippen LogP contribution in [0.3, 0.4) is 0 Å².